The van der Waals surface area contributed by atoms with Gasteiger partial charge in [-0.25, -0.2) is 0 Å². The molecule has 5 heteroatoms. The molecule has 0 bridgehead atoms. The summed E-state index contributed by atoms with van der Waals surface area (Å²) in [5, 5.41) is 0. The van der Waals surface area contributed by atoms with Crippen LogP contribution in [0.2, 0.25) is 0 Å². The van der Waals surface area contributed by atoms with Crippen LogP contribution in [0.5, 0.6) is 11.5 Å². The van der Waals surface area contributed by atoms with Gasteiger partial charge in [-0.3, -0.25) is 4.79 Å². The third-order valence-corrected chi connectivity index (χ3v) is 3.07. The Balaban J connectivity index is 1.80. The molecule has 1 heterocycles. The lowest BCUT2D eigenvalue weighted by Crippen LogP contribution is -2.35. The Kier molecular flexibility index (Phi) is 4.63. The van der Waals surface area contributed by atoms with Crippen LogP contribution >= 0.6 is 0 Å². The van der Waals surface area contributed by atoms with E-state index in [0.29, 0.717) is 18.9 Å². The zero-order chi connectivity index (χ0) is 13.7. The number of nitrogens with zero attached hydrogens (tertiary/aromatic N) is 1. The van der Waals surface area contributed by atoms with Crippen LogP contribution in [0.15, 0.2) is 24.3 Å². The van der Waals surface area contributed by atoms with Crippen molar-refractivity contribution in [1.29, 1.82) is 0 Å². The van der Waals surface area contributed by atoms with Gasteiger partial charge in [0.15, 0.2) is 6.61 Å². The monoisotopic (exact) mass is 264 g/mol. The van der Waals surface area contributed by atoms with Crippen molar-refractivity contribution in [2.24, 2.45) is 5.73 Å². The molecule has 1 aliphatic rings. The average Bonchev–Trinajstić information content (AvgIpc) is 2.85. The van der Waals surface area contributed by atoms with Gasteiger partial charge in [-0.15, -0.1) is 0 Å². The lowest BCUT2D eigenvalue weighted by molar-refractivity contribution is -0.132. The first-order chi connectivity index (χ1) is 9.19. The standard InChI is InChI=1S/C14H20N2O3/c1-2-18-12-3-5-13(6-4-12)19-10-14(17)16-8-7-11(15)9-16/h3-6,11H,2,7-10,15H2,1H3/t11-/m1/s1. The summed E-state index contributed by atoms with van der Waals surface area (Å²) < 4.78 is 10.8. The topological polar surface area (TPSA) is 64.8 Å². The highest BCUT2D eigenvalue weighted by atomic mass is 16.5. The van der Waals surface area contributed by atoms with Gasteiger partial charge in [0, 0.05) is 19.1 Å². The molecular formula is C14H20N2O3. The number of carbonyl (C=O) groups is 1. The van der Waals surface area contributed by atoms with Crippen molar-refractivity contribution in [2.75, 3.05) is 26.3 Å². The second-order valence-corrected chi connectivity index (χ2v) is 4.58. The lowest BCUT2D eigenvalue weighted by atomic mass is 10.3. The highest BCUT2D eigenvalue weighted by Crippen LogP contribution is 2.17. The van der Waals surface area contributed by atoms with Crippen molar-refractivity contribution < 1.29 is 14.3 Å². The third-order valence-electron chi connectivity index (χ3n) is 3.07. The molecule has 0 aromatic heterocycles. The molecule has 0 radical (unpaired) electrons. The molecule has 1 saturated heterocycles. The number of nitrogens with two attached hydrogens (primary N) is 1. The smallest absolute Gasteiger partial charge is 0.260 e. The van der Waals surface area contributed by atoms with Crippen molar-refractivity contribution >= 4 is 5.91 Å². The zero-order valence-corrected chi connectivity index (χ0v) is 11.2. The van der Waals surface area contributed by atoms with Gasteiger partial charge in [-0.05, 0) is 37.6 Å². The van der Waals surface area contributed by atoms with Gasteiger partial charge >= 0.3 is 0 Å². The predicted octanol–water partition coefficient (Wildman–Crippen LogP) is 1.02. The molecule has 2 rings (SSSR count). The van der Waals surface area contributed by atoms with Crippen molar-refractivity contribution in [3.8, 4) is 11.5 Å². The van der Waals surface area contributed by atoms with Crippen LogP contribution < -0.4 is 15.2 Å². The van der Waals surface area contributed by atoms with E-state index in [1.165, 1.54) is 0 Å². The van der Waals surface area contributed by atoms with Gasteiger partial charge in [0.2, 0.25) is 0 Å². The summed E-state index contributed by atoms with van der Waals surface area (Å²) in [6.45, 7) is 3.98. The molecule has 0 unspecified atom stereocenters. The van der Waals surface area contributed by atoms with E-state index in [4.69, 9.17) is 15.2 Å². The van der Waals surface area contributed by atoms with Crippen molar-refractivity contribution in [2.45, 2.75) is 19.4 Å². The number of likely N-dealkylation sites (tertiary alicyclic amines) is 1. The van der Waals surface area contributed by atoms with Crippen LogP contribution in [0.4, 0.5) is 0 Å². The number of ether oxygens (including phenoxy) is 2. The Morgan fingerprint density at radius 1 is 1.32 bits per heavy atom. The number of rotatable bonds is 5. The van der Waals surface area contributed by atoms with Crippen molar-refractivity contribution in [3.05, 3.63) is 24.3 Å². The van der Waals surface area contributed by atoms with Gasteiger partial charge < -0.3 is 20.1 Å². The Bertz CT molecular complexity index is 419. The molecule has 1 aromatic rings. The number of hydrogen-bond donors (Lipinski definition) is 1. The number of carbonyl (C=O) groups excluding carboxylic acids is 1. The van der Waals surface area contributed by atoms with Gasteiger partial charge in [0.25, 0.3) is 5.91 Å². The summed E-state index contributed by atoms with van der Waals surface area (Å²) in [7, 11) is 0. The summed E-state index contributed by atoms with van der Waals surface area (Å²) in [6, 6.07) is 7.36. The molecule has 0 spiro atoms. The van der Waals surface area contributed by atoms with Crippen molar-refractivity contribution in [3.63, 3.8) is 0 Å². The van der Waals surface area contributed by atoms with Crippen LogP contribution in [0.1, 0.15) is 13.3 Å². The Hall–Kier alpha value is -1.75. The highest BCUT2D eigenvalue weighted by molar-refractivity contribution is 5.78. The average molecular weight is 264 g/mol. The quantitative estimate of drug-likeness (QED) is 0.862. The van der Waals surface area contributed by atoms with E-state index >= 15 is 0 Å². The van der Waals surface area contributed by atoms with E-state index in [2.05, 4.69) is 0 Å². The minimum atomic E-state index is -0.0122. The van der Waals surface area contributed by atoms with Gasteiger partial charge in [0.05, 0.1) is 6.61 Å². The maximum atomic E-state index is 11.9. The lowest BCUT2D eigenvalue weighted by Gasteiger charge is -2.16. The zero-order valence-electron chi connectivity index (χ0n) is 11.2. The Morgan fingerprint density at radius 3 is 2.47 bits per heavy atom. The summed E-state index contributed by atoms with van der Waals surface area (Å²) >= 11 is 0. The van der Waals surface area contributed by atoms with Crippen LogP contribution in [0.3, 0.4) is 0 Å². The largest absolute Gasteiger partial charge is 0.494 e. The van der Waals surface area contributed by atoms with Gasteiger partial charge in [-0.2, -0.15) is 0 Å². The fourth-order valence-electron chi connectivity index (χ4n) is 2.05. The van der Waals surface area contributed by atoms with Crippen molar-refractivity contribution in [1.82, 2.24) is 4.90 Å². The molecule has 19 heavy (non-hydrogen) atoms. The molecule has 104 valence electrons. The normalized spacial score (nSPS) is 18.4. The van der Waals surface area contributed by atoms with E-state index in [0.717, 1.165) is 18.7 Å². The second kappa shape index (κ2) is 6.43. The second-order valence-electron chi connectivity index (χ2n) is 4.58. The number of amides is 1. The minimum Gasteiger partial charge on any atom is -0.494 e. The molecule has 1 aliphatic heterocycles. The first kappa shape index (κ1) is 13.7. The van der Waals surface area contributed by atoms with Crippen LogP contribution in [0, 0.1) is 0 Å². The molecule has 0 aliphatic carbocycles. The SMILES string of the molecule is CCOc1ccc(OCC(=O)N2CC[C@@H](N)C2)cc1. The molecule has 1 atom stereocenters. The first-order valence-electron chi connectivity index (χ1n) is 6.58. The van der Waals surface area contributed by atoms with Crippen LogP contribution in [-0.4, -0.2) is 43.2 Å². The van der Waals surface area contributed by atoms with Crippen LogP contribution in [-0.2, 0) is 4.79 Å². The summed E-state index contributed by atoms with van der Waals surface area (Å²) in [6.07, 6.45) is 0.870. The fourth-order valence-corrected chi connectivity index (χ4v) is 2.05. The van der Waals surface area contributed by atoms with Gasteiger partial charge in [-0.1, -0.05) is 0 Å². The number of hydrogen-bond acceptors (Lipinski definition) is 4. The molecule has 1 amide bonds. The molecule has 0 saturated carbocycles. The molecule has 1 fully saturated rings. The van der Waals surface area contributed by atoms with Crippen LogP contribution in [0.25, 0.3) is 0 Å². The highest BCUT2D eigenvalue weighted by Gasteiger charge is 2.23. The molecule has 2 N–H and O–H groups in total. The molecule has 1 aromatic carbocycles. The van der Waals surface area contributed by atoms with Gasteiger partial charge in [0.1, 0.15) is 11.5 Å². The maximum Gasteiger partial charge on any atom is 0.260 e. The summed E-state index contributed by atoms with van der Waals surface area (Å²) in [5.41, 5.74) is 5.77. The molecule has 5 nitrogen and oxygen atoms in total. The number of benzene rings is 1. The van der Waals surface area contributed by atoms with E-state index < -0.39 is 0 Å². The minimum absolute atomic E-state index is 0.0122. The fraction of sp³-hybridized carbons (Fsp3) is 0.500. The third kappa shape index (κ3) is 3.86. The maximum absolute atomic E-state index is 11.9. The molecular weight excluding hydrogens is 244 g/mol. The van der Waals surface area contributed by atoms with E-state index in [1.54, 1.807) is 17.0 Å². The Labute approximate surface area is 113 Å². The summed E-state index contributed by atoms with van der Waals surface area (Å²) in [4.78, 5) is 13.6. The van der Waals surface area contributed by atoms with E-state index in [-0.39, 0.29) is 18.6 Å². The predicted molar refractivity (Wildman–Crippen MR) is 72.3 cm³/mol. The van der Waals surface area contributed by atoms with E-state index in [9.17, 15) is 4.79 Å². The summed E-state index contributed by atoms with van der Waals surface area (Å²) in [5.74, 6) is 1.45. The van der Waals surface area contributed by atoms with E-state index in [1.807, 2.05) is 19.1 Å². The first-order valence-corrected chi connectivity index (χ1v) is 6.58. The Morgan fingerprint density at radius 2 is 1.95 bits per heavy atom.